The first-order valence-electron chi connectivity index (χ1n) is 7.95. The van der Waals surface area contributed by atoms with Gasteiger partial charge in [0.15, 0.2) is 0 Å². The van der Waals surface area contributed by atoms with Crippen LogP contribution in [0.1, 0.15) is 33.5 Å². The van der Waals surface area contributed by atoms with Crippen molar-refractivity contribution in [1.29, 1.82) is 5.26 Å². The van der Waals surface area contributed by atoms with Crippen molar-refractivity contribution in [2.45, 2.75) is 19.3 Å². The molecule has 0 saturated heterocycles. The third-order valence-electron chi connectivity index (χ3n) is 4.09. The summed E-state index contributed by atoms with van der Waals surface area (Å²) in [4.78, 5) is 11.4. The Kier molecular flexibility index (Phi) is 6.33. The normalized spacial score (nSPS) is 11.3. The van der Waals surface area contributed by atoms with E-state index < -0.39 is 0 Å². The predicted octanol–water partition coefficient (Wildman–Crippen LogP) is 4.32. The lowest BCUT2D eigenvalue weighted by Crippen LogP contribution is -2.04. The Morgan fingerprint density at radius 1 is 1.17 bits per heavy atom. The number of nitriles is 1. The Hall–Kier alpha value is -2.86. The molecule has 3 nitrogen and oxygen atoms in total. The van der Waals surface area contributed by atoms with Gasteiger partial charge in [-0.05, 0) is 60.6 Å². The molecule has 3 heteroatoms. The van der Waals surface area contributed by atoms with Crippen molar-refractivity contribution in [3.05, 3.63) is 83.4 Å². The molecular formula is C21H21NO2. The van der Waals surface area contributed by atoms with Gasteiger partial charge in [-0.1, -0.05) is 30.3 Å². The molecule has 2 aromatic carbocycles. The topological polar surface area (TPSA) is 50.1 Å². The molecule has 0 saturated carbocycles. The molecule has 24 heavy (non-hydrogen) atoms. The highest BCUT2D eigenvalue weighted by molar-refractivity contribution is 5.89. The number of methoxy groups -OCH3 is 1. The van der Waals surface area contributed by atoms with Crippen LogP contribution >= 0.6 is 0 Å². The first-order chi connectivity index (χ1) is 11.7. The quantitative estimate of drug-likeness (QED) is 0.564. The summed E-state index contributed by atoms with van der Waals surface area (Å²) in [5.74, 6) is 0.0598. The molecule has 0 fully saturated rings. The van der Waals surface area contributed by atoms with Gasteiger partial charge in [-0.3, -0.25) is 0 Å². The molecule has 1 unspecified atom stereocenters. The molecule has 0 aliphatic carbocycles. The number of hydrogen-bond donors (Lipinski definition) is 0. The monoisotopic (exact) mass is 319 g/mol. The van der Waals surface area contributed by atoms with Crippen molar-refractivity contribution >= 4 is 5.97 Å². The largest absolute Gasteiger partial charge is 0.465 e. The summed E-state index contributed by atoms with van der Waals surface area (Å²) < 4.78 is 4.70. The van der Waals surface area contributed by atoms with Crippen molar-refractivity contribution in [2.75, 3.05) is 7.11 Å². The number of esters is 1. The highest BCUT2D eigenvalue weighted by atomic mass is 16.5. The Morgan fingerprint density at radius 2 is 1.79 bits per heavy atom. The molecule has 0 N–H and O–H groups in total. The molecule has 0 aliphatic rings. The number of aryl methyl sites for hydroxylation is 1. The third-order valence-corrected chi connectivity index (χ3v) is 4.09. The second-order valence-electron chi connectivity index (χ2n) is 5.74. The molecule has 0 aromatic heterocycles. The molecule has 1 atom stereocenters. The minimum absolute atomic E-state index is 0.314. The minimum Gasteiger partial charge on any atom is -0.465 e. The minimum atomic E-state index is -0.314. The summed E-state index contributed by atoms with van der Waals surface area (Å²) in [6.45, 7) is 3.94. The average Bonchev–Trinajstić information content (AvgIpc) is 2.65. The van der Waals surface area contributed by atoms with Gasteiger partial charge in [0, 0.05) is 0 Å². The fraction of sp³-hybridized carbons (Fsp3) is 0.238. The van der Waals surface area contributed by atoms with Crippen LogP contribution in [0.5, 0.6) is 0 Å². The molecule has 0 radical (unpaired) electrons. The number of carbonyl (C=O) groups excluding carboxylic acids is 1. The summed E-state index contributed by atoms with van der Waals surface area (Å²) >= 11 is 0. The molecule has 2 rings (SSSR count). The number of benzene rings is 2. The van der Waals surface area contributed by atoms with Crippen molar-refractivity contribution in [1.82, 2.24) is 0 Å². The van der Waals surface area contributed by atoms with E-state index in [9.17, 15) is 4.79 Å². The van der Waals surface area contributed by atoms with Crippen LogP contribution in [-0.4, -0.2) is 13.1 Å². The van der Waals surface area contributed by atoms with E-state index in [1.54, 1.807) is 12.1 Å². The molecule has 0 aliphatic heterocycles. The van der Waals surface area contributed by atoms with E-state index in [0.717, 1.165) is 19.3 Å². The van der Waals surface area contributed by atoms with Crippen LogP contribution in [0.25, 0.3) is 0 Å². The summed E-state index contributed by atoms with van der Waals surface area (Å²) in [7, 11) is 1.38. The smallest absolute Gasteiger partial charge is 0.337 e. The van der Waals surface area contributed by atoms with Gasteiger partial charge in [-0.25, -0.2) is 4.79 Å². The number of ether oxygens (including phenoxy) is 1. The first kappa shape index (κ1) is 17.5. The van der Waals surface area contributed by atoms with Crippen molar-refractivity contribution in [3.63, 3.8) is 0 Å². The maximum atomic E-state index is 11.4. The van der Waals surface area contributed by atoms with Crippen LogP contribution in [0.2, 0.25) is 0 Å². The first-order valence-corrected chi connectivity index (χ1v) is 7.95. The maximum Gasteiger partial charge on any atom is 0.337 e. The Balaban J connectivity index is 1.92. The molecule has 0 bridgehead atoms. The molecule has 0 heterocycles. The van der Waals surface area contributed by atoms with Crippen LogP contribution in [0.4, 0.5) is 0 Å². The second kappa shape index (κ2) is 8.69. The predicted molar refractivity (Wildman–Crippen MR) is 94.7 cm³/mol. The van der Waals surface area contributed by atoms with Crippen LogP contribution in [-0.2, 0) is 17.6 Å². The number of carbonyl (C=O) groups is 1. The number of allylic oxidation sites excluding steroid dienone is 1. The number of hydrogen-bond acceptors (Lipinski definition) is 3. The van der Waals surface area contributed by atoms with Gasteiger partial charge in [0.2, 0.25) is 0 Å². The van der Waals surface area contributed by atoms with Gasteiger partial charge in [-0.15, -0.1) is 6.58 Å². The van der Waals surface area contributed by atoms with Gasteiger partial charge < -0.3 is 4.74 Å². The molecular weight excluding hydrogens is 298 g/mol. The van der Waals surface area contributed by atoms with Gasteiger partial charge >= 0.3 is 5.97 Å². The van der Waals surface area contributed by atoms with E-state index in [1.807, 2.05) is 42.5 Å². The van der Waals surface area contributed by atoms with E-state index in [4.69, 9.17) is 10.00 Å². The van der Waals surface area contributed by atoms with Gasteiger partial charge in [0.1, 0.15) is 0 Å². The highest BCUT2D eigenvalue weighted by Crippen LogP contribution is 2.17. The second-order valence-corrected chi connectivity index (χ2v) is 5.74. The van der Waals surface area contributed by atoms with E-state index >= 15 is 0 Å². The van der Waals surface area contributed by atoms with E-state index in [2.05, 4.69) is 12.6 Å². The molecule has 0 amide bonds. The standard InChI is InChI=1S/C21H21NO2/c1-3-16(14-18-6-8-19(15-22)9-7-18)4-5-17-10-12-20(13-11-17)21(23)24-2/h3,6-13,16H,1,4-5,14H2,2H3. The summed E-state index contributed by atoms with van der Waals surface area (Å²) in [5, 5.41) is 8.84. The van der Waals surface area contributed by atoms with Gasteiger partial charge in [0.05, 0.1) is 24.3 Å². The van der Waals surface area contributed by atoms with Gasteiger partial charge in [0.25, 0.3) is 0 Å². The fourth-order valence-electron chi connectivity index (χ4n) is 2.60. The Morgan fingerprint density at radius 3 is 2.33 bits per heavy atom. The highest BCUT2D eigenvalue weighted by Gasteiger charge is 2.08. The van der Waals surface area contributed by atoms with E-state index in [-0.39, 0.29) is 5.97 Å². The molecule has 122 valence electrons. The van der Waals surface area contributed by atoms with E-state index in [0.29, 0.717) is 17.0 Å². The van der Waals surface area contributed by atoms with Crippen molar-refractivity contribution in [2.24, 2.45) is 5.92 Å². The lowest BCUT2D eigenvalue weighted by Gasteiger charge is -2.13. The Labute approximate surface area is 143 Å². The number of rotatable bonds is 7. The Bertz CT molecular complexity index is 724. The molecule has 0 spiro atoms. The fourth-order valence-corrected chi connectivity index (χ4v) is 2.60. The zero-order valence-corrected chi connectivity index (χ0v) is 13.9. The zero-order chi connectivity index (χ0) is 17.4. The lowest BCUT2D eigenvalue weighted by molar-refractivity contribution is 0.0600. The van der Waals surface area contributed by atoms with Crippen molar-refractivity contribution < 1.29 is 9.53 Å². The van der Waals surface area contributed by atoms with Crippen LogP contribution in [0.3, 0.4) is 0 Å². The van der Waals surface area contributed by atoms with Crippen molar-refractivity contribution in [3.8, 4) is 6.07 Å². The maximum absolute atomic E-state index is 11.4. The summed E-state index contributed by atoms with van der Waals surface area (Å²) in [6, 6.07) is 17.4. The van der Waals surface area contributed by atoms with Crippen LogP contribution < -0.4 is 0 Å². The van der Waals surface area contributed by atoms with Crippen LogP contribution in [0.15, 0.2) is 61.2 Å². The third kappa shape index (κ3) is 4.82. The molecule has 2 aromatic rings. The average molecular weight is 319 g/mol. The zero-order valence-electron chi connectivity index (χ0n) is 13.9. The SMILES string of the molecule is C=CC(CCc1ccc(C(=O)OC)cc1)Cc1ccc(C#N)cc1. The van der Waals surface area contributed by atoms with Crippen LogP contribution in [0, 0.1) is 17.2 Å². The van der Waals surface area contributed by atoms with Gasteiger partial charge in [-0.2, -0.15) is 5.26 Å². The summed E-state index contributed by atoms with van der Waals surface area (Å²) in [6.07, 6.45) is 4.81. The number of nitrogens with zero attached hydrogens (tertiary/aromatic N) is 1. The summed E-state index contributed by atoms with van der Waals surface area (Å²) in [5.41, 5.74) is 3.65. The van der Waals surface area contributed by atoms with E-state index in [1.165, 1.54) is 18.2 Å². The lowest BCUT2D eigenvalue weighted by atomic mass is 9.92.